The van der Waals surface area contributed by atoms with Crippen LogP contribution in [-0.2, 0) is 0 Å². The Morgan fingerprint density at radius 2 is 2.00 bits per heavy atom. The Morgan fingerprint density at radius 1 is 1.25 bits per heavy atom. The molecule has 1 aliphatic carbocycles. The number of nitrogens with one attached hydrogen (secondary N) is 1. The van der Waals surface area contributed by atoms with Crippen LogP contribution in [0.2, 0.25) is 0 Å². The summed E-state index contributed by atoms with van der Waals surface area (Å²) in [5.41, 5.74) is 0.575. The lowest BCUT2D eigenvalue weighted by Gasteiger charge is -2.22. The number of likely N-dealkylation sites (N-methyl/N-ethyl adjacent to an activating group) is 1. The molecule has 96 valence electrons. The fraction of sp³-hybridized carbons (Fsp3) is 1.00. The van der Waals surface area contributed by atoms with Crippen molar-refractivity contribution in [3.8, 4) is 0 Å². The largest absolute Gasteiger partial charge is 0.313 e. The van der Waals surface area contributed by atoms with E-state index in [1.807, 2.05) is 0 Å². The third-order valence-electron chi connectivity index (χ3n) is 3.82. The van der Waals surface area contributed by atoms with Gasteiger partial charge < -0.3 is 10.2 Å². The van der Waals surface area contributed by atoms with Gasteiger partial charge in [0.25, 0.3) is 0 Å². The zero-order valence-electron chi connectivity index (χ0n) is 11.7. The van der Waals surface area contributed by atoms with Crippen molar-refractivity contribution < 1.29 is 0 Å². The SMILES string of the molecule is CCCN(CC)CCNC1CCC(C)(C)C1. The molecular weight excluding hydrogens is 196 g/mol. The van der Waals surface area contributed by atoms with Crippen molar-refractivity contribution in [1.29, 1.82) is 0 Å². The van der Waals surface area contributed by atoms with Gasteiger partial charge in [0.15, 0.2) is 0 Å². The third kappa shape index (κ3) is 4.84. The summed E-state index contributed by atoms with van der Waals surface area (Å²) in [5, 5.41) is 3.72. The van der Waals surface area contributed by atoms with E-state index in [1.165, 1.54) is 45.3 Å². The smallest absolute Gasteiger partial charge is 0.0107 e. The van der Waals surface area contributed by atoms with Gasteiger partial charge in [-0.05, 0) is 44.2 Å². The van der Waals surface area contributed by atoms with Crippen LogP contribution in [0.15, 0.2) is 0 Å². The number of hydrogen-bond donors (Lipinski definition) is 1. The summed E-state index contributed by atoms with van der Waals surface area (Å²) in [6, 6.07) is 0.773. The number of hydrogen-bond acceptors (Lipinski definition) is 2. The van der Waals surface area contributed by atoms with Gasteiger partial charge in [0, 0.05) is 19.1 Å². The van der Waals surface area contributed by atoms with Crippen molar-refractivity contribution in [2.75, 3.05) is 26.2 Å². The Labute approximate surface area is 102 Å². The summed E-state index contributed by atoms with van der Waals surface area (Å²) < 4.78 is 0. The average molecular weight is 226 g/mol. The molecule has 2 heteroatoms. The molecule has 0 spiro atoms. The van der Waals surface area contributed by atoms with Crippen LogP contribution in [0.5, 0.6) is 0 Å². The fourth-order valence-electron chi connectivity index (χ4n) is 2.78. The van der Waals surface area contributed by atoms with Gasteiger partial charge in [-0.25, -0.2) is 0 Å². The lowest BCUT2D eigenvalue weighted by Crippen LogP contribution is -2.36. The highest BCUT2D eigenvalue weighted by atomic mass is 15.1. The summed E-state index contributed by atoms with van der Waals surface area (Å²) >= 11 is 0. The minimum absolute atomic E-state index is 0.575. The molecule has 0 radical (unpaired) electrons. The van der Waals surface area contributed by atoms with E-state index in [9.17, 15) is 0 Å². The van der Waals surface area contributed by atoms with Gasteiger partial charge in [-0.1, -0.05) is 27.7 Å². The Bertz CT molecular complexity index is 189. The molecule has 1 fully saturated rings. The lowest BCUT2D eigenvalue weighted by molar-refractivity contribution is 0.280. The molecule has 0 bridgehead atoms. The van der Waals surface area contributed by atoms with Gasteiger partial charge in [-0.2, -0.15) is 0 Å². The molecule has 1 N–H and O–H groups in total. The summed E-state index contributed by atoms with van der Waals surface area (Å²) in [7, 11) is 0. The van der Waals surface area contributed by atoms with Crippen molar-refractivity contribution in [3.63, 3.8) is 0 Å². The Morgan fingerprint density at radius 3 is 2.50 bits per heavy atom. The second-order valence-corrected chi connectivity index (χ2v) is 5.99. The molecule has 1 aliphatic rings. The zero-order valence-corrected chi connectivity index (χ0v) is 11.7. The quantitative estimate of drug-likeness (QED) is 0.718. The van der Waals surface area contributed by atoms with Crippen molar-refractivity contribution >= 4 is 0 Å². The van der Waals surface area contributed by atoms with E-state index < -0.39 is 0 Å². The van der Waals surface area contributed by atoms with Crippen molar-refractivity contribution in [1.82, 2.24) is 10.2 Å². The van der Waals surface area contributed by atoms with Crippen LogP contribution < -0.4 is 5.32 Å². The predicted octanol–water partition coefficient (Wildman–Crippen LogP) is 2.89. The highest BCUT2D eigenvalue weighted by Gasteiger charge is 2.30. The standard InChI is InChI=1S/C14H30N2/c1-5-10-16(6-2)11-9-15-13-7-8-14(3,4)12-13/h13,15H,5-12H2,1-4H3. The van der Waals surface area contributed by atoms with E-state index in [1.54, 1.807) is 0 Å². The summed E-state index contributed by atoms with van der Waals surface area (Å²) in [4.78, 5) is 2.53. The van der Waals surface area contributed by atoms with Crippen LogP contribution in [0.25, 0.3) is 0 Å². The molecule has 0 saturated heterocycles. The van der Waals surface area contributed by atoms with Gasteiger partial charge in [0.2, 0.25) is 0 Å². The van der Waals surface area contributed by atoms with Gasteiger partial charge in [0.05, 0.1) is 0 Å². The first-order chi connectivity index (χ1) is 7.57. The average Bonchev–Trinajstić information content (AvgIpc) is 2.57. The van der Waals surface area contributed by atoms with Gasteiger partial charge >= 0.3 is 0 Å². The molecular formula is C14H30N2. The third-order valence-corrected chi connectivity index (χ3v) is 3.82. The van der Waals surface area contributed by atoms with E-state index in [0.29, 0.717) is 5.41 Å². The topological polar surface area (TPSA) is 15.3 Å². The van der Waals surface area contributed by atoms with Gasteiger partial charge in [-0.3, -0.25) is 0 Å². The van der Waals surface area contributed by atoms with Crippen molar-refractivity contribution in [3.05, 3.63) is 0 Å². The Balaban J connectivity index is 2.11. The summed E-state index contributed by atoms with van der Waals surface area (Å²) in [5.74, 6) is 0. The molecule has 1 rings (SSSR count). The number of nitrogens with zero attached hydrogens (tertiary/aromatic N) is 1. The first kappa shape index (κ1) is 14.0. The number of rotatable bonds is 7. The summed E-state index contributed by atoms with van der Waals surface area (Å²) in [6.07, 6.45) is 5.38. The fourth-order valence-corrected chi connectivity index (χ4v) is 2.78. The molecule has 0 heterocycles. The van der Waals surface area contributed by atoms with Gasteiger partial charge in [0.1, 0.15) is 0 Å². The van der Waals surface area contributed by atoms with E-state index in [4.69, 9.17) is 0 Å². The van der Waals surface area contributed by atoms with Crippen LogP contribution in [0.1, 0.15) is 53.4 Å². The van der Waals surface area contributed by atoms with E-state index in [0.717, 1.165) is 12.6 Å². The normalized spacial score (nSPS) is 24.2. The molecule has 0 aromatic rings. The maximum absolute atomic E-state index is 3.72. The summed E-state index contributed by atoms with van der Waals surface area (Å²) in [6.45, 7) is 14.1. The minimum atomic E-state index is 0.575. The van der Waals surface area contributed by atoms with Gasteiger partial charge in [-0.15, -0.1) is 0 Å². The van der Waals surface area contributed by atoms with Crippen molar-refractivity contribution in [2.24, 2.45) is 5.41 Å². The molecule has 0 aromatic carbocycles. The van der Waals surface area contributed by atoms with Crippen molar-refractivity contribution in [2.45, 2.75) is 59.4 Å². The predicted molar refractivity (Wildman–Crippen MR) is 71.8 cm³/mol. The van der Waals surface area contributed by atoms with Crippen LogP contribution in [0, 0.1) is 5.41 Å². The zero-order chi connectivity index (χ0) is 12.0. The maximum atomic E-state index is 3.72. The highest BCUT2D eigenvalue weighted by molar-refractivity contribution is 4.86. The molecule has 1 unspecified atom stereocenters. The van der Waals surface area contributed by atoms with E-state index in [-0.39, 0.29) is 0 Å². The first-order valence-electron chi connectivity index (χ1n) is 7.03. The maximum Gasteiger partial charge on any atom is 0.0107 e. The van der Waals surface area contributed by atoms with Crippen LogP contribution in [0.3, 0.4) is 0 Å². The molecule has 1 atom stereocenters. The lowest BCUT2D eigenvalue weighted by atomic mass is 9.92. The van der Waals surface area contributed by atoms with E-state index in [2.05, 4.69) is 37.9 Å². The molecule has 1 saturated carbocycles. The minimum Gasteiger partial charge on any atom is -0.313 e. The molecule has 0 aliphatic heterocycles. The molecule has 16 heavy (non-hydrogen) atoms. The molecule has 0 amide bonds. The molecule has 2 nitrogen and oxygen atoms in total. The van der Waals surface area contributed by atoms with E-state index >= 15 is 0 Å². The second-order valence-electron chi connectivity index (χ2n) is 5.99. The van der Waals surface area contributed by atoms with Crippen LogP contribution >= 0.6 is 0 Å². The first-order valence-corrected chi connectivity index (χ1v) is 7.03. The Hall–Kier alpha value is -0.0800. The highest BCUT2D eigenvalue weighted by Crippen LogP contribution is 2.36. The van der Waals surface area contributed by atoms with Crippen LogP contribution in [0.4, 0.5) is 0 Å². The monoisotopic (exact) mass is 226 g/mol. The molecule has 0 aromatic heterocycles. The Kier molecular flexibility index (Phi) is 5.77. The second kappa shape index (κ2) is 6.61. The van der Waals surface area contributed by atoms with Crippen LogP contribution in [-0.4, -0.2) is 37.1 Å².